The predicted molar refractivity (Wildman–Crippen MR) is 77.0 cm³/mol. The molecular formula is C12H8ClFN2O4S. The molecule has 0 atom stereocenters. The van der Waals surface area contributed by atoms with E-state index in [4.69, 9.17) is 11.6 Å². The summed E-state index contributed by atoms with van der Waals surface area (Å²) < 4.78 is 17.7. The average molecular weight is 331 g/mol. The van der Waals surface area contributed by atoms with Crippen LogP contribution in [-0.2, 0) is 4.74 Å². The number of benzene rings is 1. The Labute approximate surface area is 127 Å². The van der Waals surface area contributed by atoms with Gasteiger partial charge in [0.2, 0.25) is 0 Å². The Bertz CT molecular complexity index is 719. The van der Waals surface area contributed by atoms with Crippen molar-refractivity contribution >= 4 is 45.3 Å². The molecule has 110 valence electrons. The van der Waals surface area contributed by atoms with Gasteiger partial charge in [-0.3, -0.25) is 10.1 Å². The molecule has 0 aliphatic rings. The number of halogens is 2. The molecule has 6 nitrogen and oxygen atoms in total. The number of thiophene rings is 1. The van der Waals surface area contributed by atoms with E-state index < -0.39 is 16.7 Å². The quantitative estimate of drug-likeness (QED) is 0.521. The fraction of sp³-hybridized carbons (Fsp3) is 0.0833. The van der Waals surface area contributed by atoms with Gasteiger partial charge in [-0.2, -0.15) is 0 Å². The number of carbonyl (C=O) groups is 1. The lowest BCUT2D eigenvalue weighted by Gasteiger charge is -2.05. The van der Waals surface area contributed by atoms with Crippen molar-refractivity contribution in [2.24, 2.45) is 0 Å². The maximum absolute atomic E-state index is 13.2. The van der Waals surface area contributed by atoms with Gasteiger partial charge in [-0.05, 0) is 18.2 Å². The van der Waals surface area contributed by atoms with Gasteiger partial charge in [-0.1, -0.05) is 11.6 Å². The van der Waals surface area contributed by atoms with Gasteiger partial charge in [0.25, 0.3) is 0 Å². The minimum atomic E-state index is -0.693. The van der Waals surface area contributed by atoms with Gasteiger partial charge in [-0.15, -0.1) is 11.3 Å². The highest BCUT2D eigenvalue weighted by molar-refractivity contribution is 7.18. The first kappa shape index (κ1) is 15.2. The van der Waals surface area contributed by atoms with E-state index in [-0.39, 0.29) is 26.3 Å². The molecule has 2 aromatic rings. The molecule has 0 unspecified atom stereocenters. The topological polar surface area (TPSA) is 81.5 Å². The fourth-order valence-electron chi connectivity index (χ4n) is 1.52. The Morgan fingerprint density at radius 1 is 1.48 bits per heavy atom. The summed E-state index contributed by atoms with van der Waals surface area (Å²) in [6, 6.07) is 4.67. The van der Waals surface area contributed by atoms with Gasteiger partial charge in [0, 0.05) is 6.07 Å². The molecule has 0 saturated heterocycles. The number of rotatable bonds is 4. The number of nitrogens with zero attached hydrogens (tertiary/aromatic N) is 1. The molecule has 0 bridgehead atoms. The van der Waals surface area contributed by atoms with Crippen molar-refractivity contribution in [3.63, 3.8) is 0 Å². The number of hydrogen-bond donors (Lipinski definition) is 1. The molecule has 0 fully saturated rings. The number of anilines is 2. The molecule has 21 heavy (non-hydrogen) atoms. The second kappa shape index (κ2) is 6.06. The monoisotopic (exact) mass is 330 g/mol. The molecule has 0 radical (unpaired) electrons. The van der Waals surface area contributed by atoms with Crippen LogP contribution in [0, 0.1) is 15.9 Å². The van der Waals surface area contributed by atoms with Crippen molar-refractivity contribution in [2.45, 2.75) is 0 Å². The van der Waals surface area contributed by atoms with E-state index in [1.54, 1.807) is 0 Å². The first-order valence-electron chi connectivity index (χ1n) is 5.51. The minimum absolute atomic E-state index is 0.0548. The number of methoxy groups -OCH3 is 1. The largest absolute Gasteiger partial charge is 0.465 e. The highest BCUT2D eigenvalue weighted by Gasteiger charge is 2.23. The van der Waals surface area contributed by atoms with E-state index >= 15 is 0 Å². The molecule has 1 N–H and O–H groups in total. The second-order valence-electron chi connectivity index (χ2n) is 3.82. The zero-order valence-corrected chi connectivity index (χ0v) is 12.1. The highest BCUT2D eigenvalue weighted by Crippen LogP contribution is 2.38. The molecular weight excluding hydrogens is 323 g/mol. The standard InChI is InChI=1S/C12H8ClFN2O4S/c1-20-12(17)10-5-9(16(18)19)11(21-10)15-8-4-6(14)2-3-7(8)13/h2-5,15H,1H3. The summed E-state index contributed by atoms with van der Waals surface area (Å²) in [5.41, 5.74) is -0.154. The van der Waals surface area contributed by atoms with Crippen molar-refractivity contribution in [1.82, 2.24) is 0 Å². The summed E-state index contributed by atoms with van der Waals surface area (Å²) in [4.78, 5) is 21.8. The second-order valence-corrected chi connectivity index (χ2v) is 5.28. The van der Waals surface area contributed by atoms with Crippen molar-refractivity contribution in [3.05, 3.63) is 50.1 Å². The molecule has 1 aromatic heterocycles. The zero-order chi connectivity index (χ0) is 15.6. The summed E-state index contributed by atoms with van der Waals surface area (Å²) in [5, 5.41) is 13.9. The lowest BCUT2D eigenvalue weighted by molar-refractivity contribution is -0.383. The van der Waals surface area contributed by atoms with Gasteiger partial charge in [-0.25, -0.2) is 9.18 Å². The van der Waals surface area contributed by atoms with Crippen LogP contribution in [0.15, 0.2) is 24.3 Å². The van der Waals surface area contributed by atoms with Crippen LogP contribution in [0.1, 0.15) is 9.67 Å². The average Bonchev–Trinajstić information content (AvgIpc) is 2.86. The third-order valence-corrected chi connectivity index (χ3v) is 3.82. The van der Waals surface area contributed by atoms with E-state index in [2.05, 4.69) is 10.1 Å². The minimum Gasteiger partial charge on any atom is -0.465 e. The van der Waals surface area contributed by atoms with Crippen molar-refractivity contribution in [1.29, 1.82) is 0 Å². The number of carbonyl (C=O) groups excluding carboxylic acids is 1. The Morgan fingerprint density at radius 2 is 2.19 bits per heavy atom. The smallest absolute Gasteiger partial charge is 0.348 e. The van der Waals surface area contributed by atoms with Gasteiger partial charge >= 0.3 is 11.7 Å². The predicted octanol–water partition coefficient (Wildman–Crippen LogP) is 3.98. The molecule has 0 saturated carbocycles. The van der Waals surface area contributed by atoms with Crippen LogP contribution in [0.3, 0.4) is 0 Å². The lowest BCUT2D eigenvalue weighted by Crippen LogP contribution is -1.97. The molecule has 1 aromatic carbocycles. The molecule has 9 heteroatoms. The van der Waals surface area contributed by atoms with Crippen LogP contribution in [0.25, 0.3) is 0 Å². The maximum Gasteiger partial charge on any atom is 0.348 e. The molecule has 0 aliphatic heterocycles. The highest BCUT2D eigenvalue weighted by atomic mass is 35.5. The molecule has 1 heterocycles. The maximum atomic E-state index is 13.2. The normalized spacial score (nSPS) is 10.2. The Hall–Kier alpha value is -2.19. The Balaban J connectivity index is 2.43. The van der Waals surface area contributed by atoms with Crippen LogP contribution in [0.4, 0.5) is 20.8 Å². The molecule has 0 aliphatic carbocycles. The molecule has 0 amide bonds. The summed E-state index contributed by atoms with van der Waals surface area (Å²) in [6.45, 7) is 0. The third kappa shape index (κ3) is 3.29. The number of ether oxygens (including phenoxy) is 1. The summed E-state index contributed by atoms with van der Waals surface area (Å²) in [6.07, 6.45) is 0. The lowest BCUT2D eigenvalue weighted by atomic mass is 10.3. The zero-order valence-electron chi connectivity index (χ0n) is 10.6. The summed E-state index contributed by atoms with van der Waals surface area (Å²) in [5.74, 6) is -1.24. The molecule has 2 rings (SSSR count). The number of esters is 1. The fourth-order valence-corrected chi connectivity index (χ4v) is 2.64. The van der Waals surface area contributed by atoms with Crippen molar-refractivity contribution < 1.29 is 18.8 Å². The molecule has 0 spiro atoms. The third-order valence-electron chi connectivity index (χ3n) is 2.47. The summed E-state index contributed by atoms with van der Waals surface area (Å²) >= 11 is 6.71. The van der Waals surface area contributed by atoms with E-state index in [1.165, 1.54) is 13.2 Å². The first-order valence-corrected chi connectivity index (χ1v) is 6.70. The van der Waals surface area contributed by atoms with E-state index in [9.17, 15) is 19.3 Å². The van der Waals surface area contributed by atoms with Crippen LogP contribution < -0.4 is 5.32 Å². The van der Waals surface area contributed by atoms with E-state index in [0.717, 1.165) is 29.5 Å². The van der Waals surface area contributed by atoms with Crippen molar-refractivity contribution in [2.75, 3.05) is 12.4 Å². The van der Waals surface area contributed by atoms with Crippen LogP contribution in [0.5, 0.6) is 0 Å². The Kier molecular flexibility index (Phi) is 4.39. The number of hydrogen-bond acceptors (Lipinski definition) is 6. The van der Waals surface area contributed by atoms with Gasteiger partial charge in [0.1, 0.15) is 10.7 Å². The van der Waals surface area contributed by atoms with Crippen LogP contribution >= 0.6 is 22.9 Å². The number of nitrogens with one attached hydrogen (secondary N) is 1. The van der Waals surface area contributed by atoms with E-state index in [1.807, 2.05) is 0 Å². The van der Waals surface area contributed by atoms with Gasteiger partial charge in [0.05, 0.1) is 22.7 Å². The number of nitro groups is 1. The van der Waals surface area contributed by atoms with E-state index in [0.29, 0.717) is 0 Å². The first-order chi connectivity index (χ1) is 9.92. The Morgan fingerprint density at radius 3 is 2.81 bits per heavy atom. The van der Waals surface area contributed by atoms with Gasteiger partial charge < -0.3 is 10.1 Å². The van der Waals surface area contributed by atoms with Gasteiger partial charge in [0.15, 0.2) is 5.00 Å². The van der Waals surface area contributed by atoms with Crippen LogP contribution in [0.2, 0.25) is 5.02 Å². The van der Waals surface area contributed by atoms with Crippen molar-refractivity contribution in [3.8, 4) is 0 Å². The summed E-state index contributed by atoms with van der Waals surface area (Å²) in [7, 11) is 1.17. The van der Waals surface area contributed by atoms with Crippen LogP contribution in [-0.4, -0.2) is 18.0 Å². The SMILES string of the molecule is COC(=O)c1cc([N+](=O)[O-])c(Nc2cc(F)ccc2Cl)s1.